The van der Waals surface area contributed by atoms with Crippen LogP contribution in [-0.4, -0.2) is 278 Å². The number of hydrogen-bond acceptors (Lipinski definition) is 19. The van der Waals surface area contributed by atoms with Crippen molar-refractivity contribution in [3.8, 4) is 22.5 Å². The van der Waals surface area contributed by atoms with E-state index in [0.717, 1.165) is 40.7 Å². The molecule has 0 saturated carbocycles. The lowest BCUT2D eigenvalue weighted by atomic mass is 9.97. The summed E-state index contributed by atoms with van der Waals surface area (Å²) in [5.74, 6) is -3.91. The number of carboxylic acid groups (broad SMARTS) is 4. The number of nitrogens with zero attached hydrogens (tertiary/aromatic N) is 9. The third kappa shape index (κ3) is 21.1. The predicted molar refractivity (Wildman–Crippen MR) is 313 cm³/mol. The number of carbonyl (C=O) groups is 6. The lowest BCUT2D eigenvalue weighted by molar-refractivity contribution is -0.145. The number of aromatic amines is 1. The van der Waals surface area contributed by atoms with E-state index in [1.54, 1.807) is 31.7 Å². The Bertz CT molecular complexity index is 2810. The van der Waals surface area contributed by atoms with Crippen molar-refractivity contribution in [2.45, 2.75) is 44.2 Å². The number of nitrogens with one attached hydrogen (secondary N) is 2. The van der Waals surface area contributed by atoms with Gasteiger partial charge in [0.05, 0.1) is 101 Å². The number of imidazole rings is 1. The van der Waals surface area contributed by atoms with Gasteiger partial charge < -0.3 is 70.1 Å². The van der Waals surface area contributed by atoms with Crippen LogP contribution >= 0.6 is 11.6 Å². The molecule has 3 saturated heterocycles. The summed E-state index contributed by atoms with van der Waals surface area (Å²) in [7, 11) is 0. The third-order valence-corrected chi connectivity index (χ3v) is 15.3. The number of carbonyl (C=O) groups excluding carboxylic acids is 2. The molecule has 2 aromatic carbocycles. The van der Waals surface area contributed by atoms with E-state index in [4.69, 9.17) is 46.3 Å². The number of nitrogens with two attached hydrogens (primary N) is 1. The number of anilines is 2. The summed E-state index contributed by atoms with van der Waals surface area (Å²) in [6.07, 6.45) is 3.41. The van der Waals surface area contributed by atoms with E-state index in [1.807, 2.05) is 29.3 Å². The molecule has 2 amide bonds. The van der Waals surface area contributed by atoms with Crippen molar-refractivity contribution in [2.24, 2.45) is 5.73 Å². The number of aromatic nitrogens is 3. The molecule has 3 fully saturated rings. The van der Waals surface area contributed by atoms with E-state index >= 15 is 0 Å². The lowest BCUT2D eigenvalue weighted by Crippen LogP contribution is -2.52. The molecular formula is C57H80ClFN12O14. The number of benzene rings is 2. The topological polar surface area (TPSA) is 323 Å². The normalized spacial score (nSPS) is 17.1. The molecule has 3 aliphatic rings. The quantitative estimate of drug-likeness (QED) is 0.0367. The monoisotopic (exact) mass is 1210 g/mol. The first kappa shape index (κ1) is 65.9. The molecular weight excluding hydrogens is 1130 g/mol. The highest BCUT2D eigenvalue weighted by Crippen LogP contribution is 2.45. The number of piperidine rings is 1. The molecule has 0 spiro atoms. The molecule has 5 heterocycles. The molecule has 28 heteroatoms. The minimum Gasteiger partial charge on any atom is -0.480 e. The summed E-state index contributed by atoms with van der Waals surface area (Å²) in [6.45, 7) is 6.00. The smallest absolute Gasteiger partial charge is 0.320 e. The second-order valence-electron chi connectivity index (χ2n) is 21.2. The number of hydrogen-bond donors (Lipinski definition) is 7. The van der Waals surface area contributed by atoms with Gasteiger partial charge in [0.25, 0.3) is 0 Å². The first-order chi connectivity index (χ1) is 41.0. The summed E-state index contributed by atoms with van der Waals surface area (Å²) in [5, 5.41) is 42.0. The maximum atomic E-state index is 14.8. The fraction of sp³-hybridized carbons (Fsp3) is 0.579. The Morgan fingerprint density at radius 3 is 1.81 bits per heavy atom. The van der Waals surface area contributed by atoms with Gasteiger partial charge in [-0.2, -0.15) is 0 Å². The molecule has 3 aliphatic heterocycles. The fourth-order valence-corrected chi connectivity index (χ4v) is 10.8. The van der Waals surface area contributed by atoms with Crippen LogP contribution in [0.2, 0.25) is 5.02 Å². The first-order valence-corrected chi connectivity index (χ1v) is 29.2. The van der Waals surface area contributed by atoms with E-state index in [1.165, 1.54) is 12.1 Å². The van der Waals surface area contributed by atoms with Gasteiger partial charge in [-0.1, -0.05) is 23.7 Å². The molecule has 26 nitrogen and oxygen atoms in total. The Kier molecular flexibility index (Phi) is 26.3. The summed E-state index contributed by atoms with van der Waals surface area (Å²) >= 11 is 6.40. The maximum absolute atomic E-state index is 14.8. The molecule has 0 aliphatic carbocycles. The number of halogens is 2. The second-order valence-corrected chi connectivity index (χ2v) is 21.6. The first-order valence-electron chi connectivity index (χ1n) is 28.9. The van der Waals surface area contributed by atoms with E-state index in [2.05, 4.69) is 20.1 Å². The van der Waals surface area contributed by atoms with Gasteiger partial charge in [-0.05, 0) is 55.2 Å². The third-order valence-electron chi connectivity index (χ3n) is 15.1. The highest BCUT2D eigenvalue weighted by molar-refractivity contribution is 6.31. The molecule has 4 aromatic rings. The van der Waals surface area contributed by atoms with Crippen molar-refractivity contribution in [2.75, 3.05) is 180 Å². The number of amides is 2. The second kappa shape index (κ2) is 33.9. The van der Waals surface area contributed by atoms with E-state index in [0.29, 0.717) is 87.9 Å². The number of rotatable bonds is 30. The van der Waals surface area contributed by atoms with Crippen molar-refractivity contribution in [1.29, 1.82) is 0 Å². The Balaban J connectivity index is 0.768. The Labute approximate surface area is 497 Å². The number of H-pyrrole nitrogens is 1. The largest absolute Gasteiger partial charge is 0.480 e. The minimum atomic E-state index is -1.18. The van der Waals surface area contributed by atoms with Gasteiger partial charge in [-0.25, -0.2) is 14.4 Å². The number of carboxylic acids is 4. The summed E-state index contributed by atoms with van der Waals surface area (Å²) in [4.78, 5) is 99.8. The molecule has 1 atom stereocenters. The Morgan fingerprint density at radius 2 is 1.25 bits per heavy atom. The molecule has 0 radical (unpaired) electrons. The van der Waals surface area contributed by atoms with Crippen molar-refractivity contribution >= 4 is 69.8 Å². The average Bonchev–Trinajstić information content (AvgIpc) is 2.04. The van der Waals surface area contributed by atoms with Gasteiger partial charge in [0.1, 0.15) is 23.5 Å². The number of ether oxygens (including phenoxy) is 4. The molecule has 85 heavy (non-hydrogen) atoms. The van der Waals surface area contributed by atoms with Gasteiger partial charge in [-0.15, -0.1) is 0 Å². The van der Waals surface area contributed by atoms with Crippen molar-refractivity contribution in [1.82, 2.24) is 44.8 Å². The summed E-state index contributed by atoms with van der Waals surface area (Å²) in [5.41, 5.74) is 11.0. The zero-order chi connectivity index (χ0) is 60.7. The van der Waals surface area contributed by atoms with Crippen LogP contribution in [-0.2, 0) is 47.7 Å². The van der Waals surface area contributed by atoms with Gasteiger partial charge in [0, 0.05) is 127 Å². The van der Waals surface area contributed by atoms with Gasteiger partial charge in [0.15, 0.2) is 0 Å². The van der Waals surface area contributed by atoms with Gasteiger partial charge in [-0.3, -0.25) is 48.4 Å². The van der Waals surface area contributed by atoms with Crippen LogP contribution in [0.4, 0.5) is 15.9 Å². The molecule has 8 N–H and O–H groups in total. The van der Waals surface area contributed by atoms with E-state index < -0.39 is 35.8 Å². The highest BCUT2D eigenvalue weighted by Gasteiger charge is 2.33. The van der Waals surface area contributed by atoms with Crippen LogP contribution in [0.5, 0.6) is 0 Å². The number of fused-ring (bicyclic) bond motifs is 1. The standard InChI is InChI=1S/C57H80ClFN12O14/c58-41-4-5-45-46(35-41)64-55(63-45)53-54(70-12-8-43(60)9-13-70)44(40-2-1-3-42(59)34-40)36-62-56(53)71-24-22-69(23-25-71)49(73)10-26-82-28-30-84-32-33-85-31-29-83-27-11-61-48(72)7-6-47(57(80)81)68-20-18-66(38-51(76)77)16-14-65(37-50(74)75)15-17-67(19-21-68)39-52(78)79/h1-5,34-36,43,47H,6-33,37-39,60H2,(H,61,72)(H,63,64)(H,74,75)(H,76,77)(H,78,79)(H,80,81). The van der Waals surface area contributed by atoms with Crippen LogP contribution in [0.25, 0.3) is 33.5 Å². The Hall–Kier alpha value is -6.66. The molecule has 7 rings (SSSR count). The molecule has 1 unspecified atom stereocenters. The highest BCUT2D eigenvalue weighted by atomic mass is 35.5. The fourth-order valence-electron chi connectivity index (χ4n) is 10.6. The number of aliphatic carboxylic acids is 4. The summed E-state index contributed by atoms with van der Waals surface area (Å²) < 4.78 is 37.3. The van der Waals surface area contributed by atoms with Crippen molar-refractivity contribution in [3.63, 3.8) is 0 Å². The number of piperazine rings is 1. The molecule has 0 bridgehead atoms. The Morgan fingerprint density at radius 1 is 0.682 bits per heavy atom. The van der Waals surface area contributed by atoms with Crippen molar-refractivity contribution in [3.05, 3.63) is 59.5 Å². The van der Waals surface area contributed by atoms with Gasteiger partial charge >= 0.3 is 23.9 Å². The molecule has 466 valence electrons. The number of pyridine rings is 1. The lowest BCUT2D eigenvalue weighted by Gasteiger charge is -2.39. The van der Waals surface area contributed by atoms with Crippen molar-refractivity contribution < 1.29 is 72.5 Å². The SMILES string of the molecule is NC1CCN(c2c(-c3cccc(F)c3)cnc(N3CCN(C(=O)CCOCCOCCOCCOCCNC(=O)CCC(C(=O)O)N4CCN(CC(=O)O)CCN(CC(=O)O)CCN(CC(=O)O)CC4)CC3)c2-c2nc3ccc(Cl)cc3[nH]2)CC1. The predicted octanol–water partition coefficient (Wildman–Crippen LogP) is 1.94. The average molecular weight is 1210 g/mol. The summed E-state index contributed by atoms with van der Waals surface area (Å²) in [6, 6.07) is 11.0. The van der Waals surface area contributed by atoms with Gasteiger partial charge in [0.2, 0.25) is 11.8 Å². The van der Waals surface area contributed by atoms with E-state index in [-0.39, 0.29) is 142 Å². The van der Waals surface area contributed by atoms with E-state index in [9.17, 15) is 53.6 Å². The van der Waals surface area contributed by atoms with Crippen LogP contribution in [0.3, 0.4) is 0 Å². The van der Waals surface area contributed by atoms with Crippen LogP contribution in [0, 0.1) is 5.82 Å². The maximum Gasteiger partial charge on any atom is 0.320 e. The van der Waals surface area contributed by atoms with Crippen LogP contribution in [0.1, 0.15) is 32.1 Å². The van der Waals surface area contributed by atoms with Crippen LogP contribution in [0.15, 0.2) is 48.7 Å². The minimum absolute atomic E-state index is 0.0190. The zero-order valence-electron chi connectivity index (χ0n) is 47.9. The molecule has 2 aromatic heterocycles. The zero-order valence-corrected chi connectivity index (χ0v) is 48.7. The van der Waals surface area contributed by atoms with Crippen LogP contribution < -0.4 is 20.9 Å².